The predicted molar refractivity (Wildman–Crippen MR) is 60.8 cm³/mol. The third kappa shape index (κ3) is 4.08. The molecule has 1 N–H and O–H groups in total. The lowest BCUT2D eigenvalue weighted by molar-refractivity contribution is -0.120. The average molecular weight is 193 g/mol. The Morgan fingerprint density at radius 3 is 2.36 bits per heavy atom. The van der Waals surface area contributed by atoms with E-state index in [1.807, 2.05) is 39.8 Å². The summed E-state index contributed by atoms with van der Waals surface area (Å²) in [5.41, 5.74) is 2.74. The highest BCUT2D eigenvalue weighted by Gasteiger charge is 2.04. The molecule has 0 heterocycles. The zero-order valence-corrected chi connectivity index (χ0v) is 9.48. The summed E-state index contributed by atoms with van der Waals surface area (Å²) in [6, 6.07) is 0. The van der Waals surface area contributed by atoms with Gasteiger partial charge in [0.2, 0.25) is 5.91 Å². The van der Waals surface area contributed by atoms with Gasteiger partial charge in [0, 0.05) is 12.1 Å². The molecule has 0 aliphatic rings. The van der Waals surface area contributed by atoms with Crippen molar-refractivity contribution < 1.29 is 4.79 Å². The molecule has 0 fully saturated rings. The minimum atomic E-state index is 0.0202. The van der Waals surface area contributed by atoms with Crippen LogP contribution in [0.2, 0.25) is 0 Å². The fourth-order valence-corrected chi connectivity index (χ4v) is 1.10. The summed E-state index contributed by atoms with van der Waals surface area (Å²) >= 11 is 0. The lowest BCUT2D eigenvalue weighted by atomic mass is 10.1. The van der Waals surface area contributed by atoms with Gasteiger partial charge in [-0.25, -0.2) is 0 Å². The van der Waals surface area contributed by atoms with Crippen LogP contribution >= 0.6 is 0 Å². The second kappa shape index (κ2) is 6.19. The minimum absolute atomic E-state index is 0.0202. The second-order valence-corrected chi connectivity index (χ2v) is 3.24. The maximum atomic E-state index is 11.2. The van der Waals surface area contributed by atoms with Gasteiger partial charge in [-0.3, -0.25) is 4.79 Å². The summed E-state index contributed by atoms with van der Waals surface area (Å²) in [6.07, 6.45) is 4.39. The van der Waals surface area contributed by atoms with Crippen LogP contribution in [0, 0.1) is 0 Å². The Morgan fingerprint density at radius 1 is 1.43 bits per heavy atom. The molecule has 1 amide bonds. The normalized spacial score (nSPS) is 12.6. The van der Waals surface area contributed by atoms with Gasteiger partial charge < -0.3 is 5.32 Å². The van der Waals surface area contributed by atoms with Crippen LogP contribution in [-0.2, 0) is 4.79 Å². The van der Waals surface area contributed by atoms with Gasteiger partial charge in [-0.2, -0.15) is 0 Å². The van der Waals surface area contributed by atoms with Crippen LogP contribution in [0.5, 0.6) is 0 Å². The van der Waals surface area contributed by atoms with E-state index < -0.39 is 0 Å². The molecule has 2 nitrogen and oxygen atoms in total. The van der Waals surface area contributed by atoms with E-state index in [1.165, 1.54) is 0 Å². The van der Waals surface area contributed by atoms with Gasteiger partial charge in [0.05, 0.1) is 0 Å². The van der Waals surface area contributed by atoms with Gasteiger partial charge in [0.25, 0.3) is 0 Å². The Bertz CT molecular complexity index is 285. The van der Waals surface area contributed by atoms with Gasteiger partial charge in [-0.1, -0.05) is 25.7 Å². The molecule has 0 atom stereocenters. The predicted octanol–water partition coefficient (Wildman–Crippen LogP) is 2.94. The van der Waals surface area contributed by atoms with Crippen LogP contribution < -0.4 is 5.32 Å². The molecule has 0 aliphatic heterocycles. The first kappa shape index (κ1) is 12.7. The molecule has 0 aliphatic carbocycles. The largest absolute Gasteiger partial charge is 0.326 e. The number of nitrogens with one attached hydrogen (secondary N) is 1. The van der Waals surface area contributed by atoms with Crippen molar-refractivity contribution in [3.63, 3.8) is 0 Å². The highest BCUT2D eigenvalue weighted by molar-refractivity contribution is 5.78. The molecule has 0 radical (unpaired) electrons. The number of carbonyl (C=O) groups is 1. The van der Waals surface area contributed by atoms with Crippen LogP contribution in [-0.4, -0.2) is 5.91 Å². The highest BCUT2D eigenvalue weighted by Crippen LogP contribution is 2.11. The van der Waals surface area contributed by atoms with Crippen molar-refractivity contribution in [1.82, 2.24) is 5.32 Å². The molecular formula is C12H19NO. The van der Waals surface area contributed by atoms with Gasteiger partial charge >= 0.3 is 0 Å². The number of allylic oxidation sites excluding steroid dienone is 4. The van der Waals surface area contributed by atoms with Crippen molar-refractivity contribution in [3.05, 3.63) is 35.6 Å². The number of rotatable bonds is 4. The summed E-state index contributed by atoms with van der Waals surface area (Å²) in [5.74, 6) is 0.0202. The summed E-state index contributed by atoms with van der Waals surface area (Å²) in [6.45, 7) is 11.5. The first-order chi connectivity index (χ1) is 6.52. The Morgan fingerprint density at radius 2 is 2.00 bits per heavy atom. The van der Waals surface area contributed by atoms with Crippen molar-refractivity contribution in [3.8, 4) is 0 Å². The van der Waals surface area contributed by atoms with Crippen molar-refractivity contribution in [2.75, 3.05) is 0 Å². The molecular weight excluding hydrogens is 174 g/mol. The van der Waals surface area contributed by atoms with E-state index in [0.29, 0.717) is 6.42 Å². The van der Waals surface area contributed by atoms with E-state index in [9.17, 15) is 4.79 Å². The van der Waals surface area contributed by atoms with Crippen LogP contribution in [0.25, 0.3) is 0 Å². The van der Waals surface area contributed by atoms with Gasteiger partial charge in [-0.15, -0.1) is 0 Å². The third-order valence-electron chi connectivity index (χ3n) is 1.82. The van der Waals surface area contributed by atoms with Crippen molar-refractivity contribution in [2.45, 2.75) is 34.1 Å². The maximum Gasteiger partial charge on any atom is 0.224 e. The summed E-state index contributed by atoms with van der Waals surface area (Å²) in [7, 11) is 0. The topological polar surface area (TPSA) is 29.1 Å². The van der Waals surface area contributed by atoms with Crippen molar-refractivity contribution in [1.29, 1.82) is 0 Å². The Balaban J connectivity index is 4.85. The lowest BCUT2D eigenvalue weighted by Gasteiger charge is -2.11. The summed E-state index contributed by atoms with van der Waals surface area (Å²) < 4.78 is 0. The first-order valence-electron chi connectivity index (χ1n) is 4.82. The standard InChI is InChI=1S/C12H19NO/c1-6-8-10(5)12(9(3)4)13-11(14)7-2/h6,8H,3,7H2,1-2,4-5H3,(H,13,14)/b8-6-,12-10+. The minimum Gasteiger partial charge on any atom is -0.326 e. The van der Waals surface area contributed by atoms with Crippen LogP contribution in [0.15, 0.2) is 35.6 Å². The van der Waals surface area contributed by atoms with E-state index in [4.69, 9.17) is 0 Å². The van der Waals surface area contributed by atoms with E-state index >= 15 is 0 Å². The van der Waals surface area contributed by atoms with Crippen molar-refractivity contribution >= 4 is 5.91 Å². The molecule has 0 spiro atoms. The summed E-state index contributed by atoms with van der Waals surface area (Å²) in [5, 5.41) is 2.84. The van der Waals surface area contributed by atoms with E-state index in [1.54, 1.807) is 0 Å². The molecule has 0 saturated carbocycles. The molecule has 0 aromatic carbocycles. The zero-order chi connectivity index (χ0) is 11.1. The number of amides is 1. The van der Waals surface area contributed by atoms with Crippen LogP contribution in [0.1, 0.15) is 34.1 Å². The average Bonchev–Trinajstić information content (AvgIpc) is 2.13. The Labute approximate surface area is 86.4 Å². The molecule has 0 bridgehead atoms. The monoisotopic (exact) mass is 193 g/mol. The van der Waals surface area contributed by atoms with Gasteiger partial charge in [0.1, 0.15) is 0 Å². The zero-order valence-electron chi connectivity index (χ0n) is 9.48. The molecule has 0 rings (SSSR count). The third-order valence-corrected chi connectivity index (χ3v) is 1.82. The van der Waals surface area contributed by atoms with Crippen LogP contribution in [0.4, 0.5) is 0 Å². The number of carbonyl (C=O) groups excluding carboxylic acids is 1. The Hall–Kier alpha value is -1.31. The highest BCUT2D eigenvalue weighted by atomic mass is 16.1. The van der Waals surface area contributed by atoms with Gasteiger partial charge in [0.15, 0.2) is 0 Å². The smallest absolute Gasteiger partial charge is 0.224 e. The van der Waals surface area contributed by atoms with Crippen LogP contribution in [0.3, 0.4) is 0 Å². The number of hydrogen-bond donors (Lipinski definition) is 1. The second-order valence-electron chi connectivity index (χ2n) is 3.24. The molecule has 2 heteroatoms. The molecule has 14 heavy (non-hydrogen) atoms. The quantitative estimate of drug-likeness (QED) is 0.683. The molecule has 0 aromatic rings. The van der Waals surface area contributed by atoms with Crippen molar-refractivity contribution in [2.24, 2.45) is 0 Å². The Kier molecular flexibility index (Phi) is 5.61. The van der Waals surface area contributed by atoms with Gasteiger partial charge in [-0.05, 0) is 31.9 Å². The fourth-order valence-electron chi connectivity index (χ4n) is 1.10. The molecule has 0 unspecified atom stereocenters. The number of hydrogen-bond acceptors (Lipinski definition) is 1. The van der Waals surface area contributed by atoms with E-state index in [2.05, 4.69) is 11.9 Å². The van der Waals surface area contributed by atoms with E-state index in [-0.39, 0.29) is 5.91 Å². The molecule has 78 valence electrons. The first-order valence-corrected chi connectivity index (χ1v) is 4.82. The summed E-state index contributed by atoms with van der Waals surface area (Å²) in [4.78, 5) is 11.2. The fraction of sp³-hybridized carbons (Fsp3) is 0.417. The molecule has 0 aromatic heterocycles. The van der Waals surface area contributed by atoms with E-state index in [0.717, 1.165) is 16.8 Å². The maximum absolute atomic E-state index is 11.2. The lowest BCUT2D eigenvalue weighted by Crippen LogP contribution is -2.23. The SMILES string of the molecule is C=C(C)/C(NC(=O)CC)=C(C)\C=C/C. The molecule has 0 saturated heterocycles.